The highest BCUT2D eigenvalue weighted by Gasteiger charge is 2.15. The number of aromatic amines is 1. The molecule has 0 aliphatic carbocycles. The SMILES string of the molecule is O=[N+]([O-])c1cc(-c2ccc3c(c2)[nH]c2ccccc23)ccc1F. The zero-order valence-electron chi connectivity index (χ0n) is 11.9. The number of rotatable bonds is 2. The van der Waals surface area contributed by atoms with Gasteiger partial charge in [-0.1, -0.05) is 36.4 Å². The minimum atomic E-state index is -0.828. The van der Waals surface area contributed by atoms with Crippen LogP contribution in [0.5, 0.6) is 0 Å². The zero-order chi connectivity index (χ0) is 16.0. The second-order valence-corrected chi connectivity index (χ2v) is 5.35. The molecule has 0 radical (unpaired) electrons. The van der Waals surface area contributed by atoms with Crippen LogP contribution in [-0.4, -0.2) is 9.91 Å². The summed E-state index contributed by atoms with van der Waals surface area (Å²) in [6, 6.07) is 17.7. The predicted molar refractivity (Wildman–Crippen MR) is 87.9 cm³/mol. The van der Waals surface area contributed by atoms with Crippen molar-refractivity contribution in [3.63, 3.8) is 0 Å². The molecule has 23 heavy (non-hydrogen) atoms. The van der Waals surface area contributed by atoms with Crippen molar-refractivity contribution in [3.05, 3.63) is 76.6 Å². The summed E-state index contributed by atoms with van der Waals surface area (Å²) in [5.41, 5.74) is 2.87. The number of H-pyrrole nitrogens is 1. The zero-order valence-corrected chi connectivity index (χ0v) is 11.9. The van der Waals surface area contributed by atoms with Gasteiger partial charge < -0.3 is 4.98 Å². The van der Waals surface area contributed by atoms with Gasteiger partial charge in [0.25, 0.3) is 0 Å². The molecule has 0 amide bonds. The molecule has 112 valence electrons. The molecule has 4 aromatic rings. The standard InChI is InChI=1S/C18H11FN2O2/c19-15-8-6-12(10-18(15)21(22)23)11-5-7-14-13-3-1-2-4-16(13)20-17(14)9-11/h1-10,20H. The van der Waals surface area contributed by atoms with Gasteiger partial charge in [-0.05, 0) is 29.3 Å². The van der Waals surface area contributed by atoms with E-state index in [0.717, 1.165) is 33.4 Å². The lowest BCUT2D eigenvalue weighted by atomic mass is 10.0. The average molecular weight is 306 g/mol. The molecular formula is C18H11FN2O2. The highest BCUT2D eigenvalue weighted by Crippen LogP contribution is 2.31. The van der Waals surface area contributed by atoms with Crippen molar-refractivity contribution in [2.24, 2.45) is 0 Å². The molecule has 0 saturated carbocycles. The molecule has 0 saturated heterocycles. The summed E-state index contributed by atoms with van der Waals surface area (Å²) in [4.78, 5) is 13.5. The van der Waals surface area contributed by atoms with E-state index >= 15 is 0 Å². The molecule has 0 aliphatic rings. The van der Waals surface area contributed by atoms with Gasteiger partial charge in [0.15, 0.2) is 0 Å². The van der Waals surface area contributed by atoms with Crippen LogP contribution in [0.2, 0.25) is 0 Å². The normalized spacial score (nSPS) is 11.2. The molecular weight excluding hydrogens is 295 g/mol. The Morgan fingerprint density at radius 2 is 1.57 bits per heavy atom. The largest absolute Gasteiger partial charge is 0.354 e. The quantitative estimate of drug-likeness (QED) is 0.417. The van der Waals surface area contributed by atoms with Crippen molar-refractivity contribution < 1.29 is 9.31 Å². The molecule has 1 aromatic heterocycles. The number of nitrogens with one attached hydrogen (secondary N) is 1. The fraction of sp³-hybridized carbons (Fsp3) is 0. The van der Waals surface area contributed by atoms with Crippen LogP contribution in [0.4, 0.5) is 10.1 Å². The molecule has 1 N–H and O–H groups in total. The molecule has 5 heteroatoms. The Bertz CT molecular complexity index is 1070. The Kier molecular flexibility index (Phi) is 2.87. The van der Waals surface area contributed by atoms with Gasteiger partial charge in [0.2, 0.25) is 5.82 Å². The van der Waals surface area contributed by atoms with E-state index in [1.54, 1.807) is 6.07 Å². The van der Waals surface area contributed by atoms with Crippen LogP contribution in [0.15, 0.2) is 60.7 Å². The Balaban J connectivity index is 1.91. The lowest BCUT2D eigenvalue weighted by molar-refractivity contribution is -0.387. The van der Waals surface area contributed by atoms with Crippen molar-refractivity contribution in [2.45, 2.75) is 0 Å². The van der Waals surface area contributed by atoms with Crippen LogP contribution in [0.3, 0.4) is 0 Å². The number of hydrogen-bond donors (Lipinski definition) is 1. The lowest BCUT2D eigenvalue weighted by Crippen LogP contribution is -1.92. The summed E-state index contributed by atoms with van der Waals surface area (Å²) in [5.74, 6) is -0.828. The monoisotopic (exact) mass is 306 g/mol. The van der Waals surface area contributed by atoms with E-state index in [1.165, 1.54) is 6.07 Å². The van der Waals surface area contributed by atoms with Crippen molar-refractivity contribution in [1.82, 2.24) is 4.98 Å². The van der Waals surface area contributed by atoms with Crippen molar-refractivity contribution in [2.75, 3.05) is 0 Å². The number of hydrogen-bond acceptors (Lipinski definition) is 2. The van der Waals surface area contributed by atoms with Gasteiger partial charge in [-0.25, -0.2) is 0 Å². The number of benzene rings is 3. The lowest BCUT2D eigenvalue weighted by Gasteiger charge is -2.03. The molecule has 0 unspecified atom stereocenters. The Labute approximate surface area is 130 Å². The van der Waals surface area contributed by atoms with Crippen molar-refractivity contribution in [1.29, 1.82) is 0 Å². The molecule has 4 nitrogen and oxygen atoms in total. The smallest absolute Gasteiger partial charge is 0.305 e. The number of aromatic nitrogens is 1. The van der Waals surface area contributed by atoms with E-state index in [4.69, 9.17) is 0 Å². The van der Waals surface area contributed by atoms with Crippen LogP contribution in [0.1, 0.15) is 0 Å². The number of nitrogens with zero attached hydrogens (tertiary/aromatic N) is 1. The summed E-state index contributed by atoms with van der Waals surface area (Å²) < 4.78 is 13.5. The van der Waals surface area contributed by atoms with Crippen molar-refractivity contribution >= 4 is 27.5 Å². The third-order valence-corrected chi connectivity index (χ3v) is 3.98. The number of nitro groups is 1. The maximum atomic E-state index is 13.5. The van der Waals surface area contributed by atoms with E-state index < -0.39 is 16.4 Å². The van der Waals surface area contributed by atoms with Gasteiger partial charge in [0.05, 0.1) is 4.92 Å². The van der Waals surface area contributed by atoms with Gasteiger partial charge in [0.1, 0.15) is 0 Å². The molecule has 0 fully saturated rings. The van der Waals surface area contributed by atoms with Gasteiger partial charge in [-0.15, -0.1) is 0 Å². The third kappa shape index (κ3) is 2.14. The highest BCUT2D eigenvalue weighted by atomic mass is 19.1. The van der Waals surface area contributed by atoms with Gasteiger partial charge in [0, 0.05) is 27.9 Å². The van der Waals surface area contributed by atoms with E-state index in [2.05, 4.69) is 4.98 Å². The molecule has 3 aromatic carbocycles. The highest BCUT2D eigenvalue weighted by molar-refractivity contribution is 6.08. The first kappa shape index (κ1) is 13.5. The molecule has 0 bridgehead atoms. The molecule has 0 atom stereocenters. The minimum Gasteiger partial charge on any atom is -0.354 e. The van der Waals surface area contributed by atoms with Crippen LogP contribution in [0.25, 0.3) is 32.9 Å². The minimum absolute atomic E-state index is 0.515. The summed E-state index contributed by atoms with van der Waals surface area (Å²) in [5, 5.41) is 13.1. The molecule has 0 aliphatic heterocycles. The van der Waals surface area contributed by atoms with Crippen LogP contribution in [0, 0.1) is 15.9 Å². The first-order chi connectivity index (χ1) is 11.1. The maximum absolute atomic E-state index is 13.5. The number of fused-ring (bicyclic) bond motifs is 3. The van der Waals surface area contributed by atoms with Gasteiger partial charge in [-0.3, -0.25) is 10.1 Å². The molecule has 0 spiro atoms. The topological polar surface area (TPSA) is 58.9 Å². The fourth-order valence-corrected chi connectivity index (χ4v) is 2.87. The fourth-order valence-electron chi connectivity index (χ4n) is 2.87. The van der Waals surface area contributed by atoms with E-state index in [0.29, 0.717) is 5.56 Å². The second-order valence-electron chi connectivity index (χ2n) is 5.35. The number of halogens is 1. The first-order valence-electron chi connectivity index (χ1n) is 7.08. The Morgan fingerprint density at radius 1 is 0.870 bits per heavy atom. The predicted octanol–water partition coefficient (Wildman–Crippen LogP) is 5.04. The maximum Gasteiger partial charge on any atom is 0.305 e. The summed E-state index contributed by atoms with van der Waals surface area (Å²) in [6.45, 7) is 0. The molecule has 1 heterocycles. The first-order valence-corrected chi connectivity index (χ1v) is 7.08. The summed E-state index contributed by atoms with van der Waals surface area (Å²) in [7, 11) is 0. The third-order valence-electron chi connectivity index (χ3n) is 3.98. The van der Waals surface area contributed by atoms with Crippen molar-refractivity contribution in [3.8, 4) is 11.1 Å². The van der Waals surface area contributed by atoms with E-state index in [-0.39, 0.29) is 0 Å². The van der Waals surface area contributed by atoms with Crippen LogP contribution >= 0.6 is 0 Å². The average Bonchev–Trinajstić information content (AvgIpc) is 2.92. The van der Waals surface area contributed by atoms with E-state index in [1.807, 2.05) is 42.5 Å². The Hall–Kier alpha value is -3.21. The van der Waals surface area contributed by atoms with Crippen LogP contribution < -0.4 is 0 Å². The number of para-hydroxylation sites is 1. The van der Waals surface area contributed by atoms with Crippen LogP contribution in [-0.2, 0) is 0 Å². The summed E-state index contributed by atoms with van der Waals surface area (Å²) in [6.07, 6.45) is 0. The van der Waals surface area contributed by atoms with E-state index in [9.17, 15) is 14.5 Å². The summed E-state index contributed by atoms with van der Waals surface area (Å²) >= 11 is 0. The second kappa shape index (κ2) is 4.91. The Morgan fingerprint density at radius 3 is 2.39 bits per heavy atom. The van der Waals surface area contributed by atoms with Gasteiger partial charge in [-0.2, -0.15) is 4.39 Å². The number of nitro benzene ring substituents is 1. The van der Waals surface area contributed by atoms with Gasteiger partial charge >= 0.3 is 5.69 Å². The molecule has 4 rings (SSSR count).